The van der Waals surface area contributed by atoms with E-state index in [0.717, 1.165) is 36.3 Å². The zero-order valence-electron chi connectivity index (χ0n) is 16.4. The molecule has 28 heavy (non-hydrogen) atoms. The first kappa shape index (κ1) is 18.2. The third-order valence-corrected chi connectivity index (χ3v) is 5.33. The topological polar surface area (TPSA) is 38.1 Å². The lowest BCUT2D eigenvalue weighted by Gasteiger charge is -2.29. The molecule has 2 aromatic carbocycles. The van der Waals surface area contributed by atoms with Crippen molar-refractivity contribution in [3.63, 3.8) is 0 Å². The molecule has 1 aliphatic rings. The van der Waals surface area contributed by atoms with Gasteiger partial charge in [0.25, 0.3) is 0 Å². The first-order chi connectivity index (χ1) is 13.6. The van der Waals surface area contributed by atoms with Crippen LogP contribution in [0.5, 0.6) is 0 Å². The highest BCUT2D eigenvalue weighted by atomic mass is 16.2. The molecule has 0 aliphatic carbocycles. The van der Waals surface area contributed by atoms with Crippen LogP contribution in [0.4, 0.5) is 0 Å². The summed E-state index contributed by atoms with van der Waals surface area (Å²) in [6.45, 7) is 6.65. The Kier molecular flexibility index (Phi) is 5.11. The van der Waals surface area contributed by atoms with E-state index in [2.05, 4.69) is 44.2 Å². The molecule has 0 saturated carbocycles. The maximum atomic E-state index is 12.3. The van der Waals surface area contributed by atoms with E-state index in [-0.39, 0.29) is 5.91 Å². The Labute approximate surface area is 166 Å². The fourth-order valence-corrected chi connectivity index (χ4v) is 3.33. The van der Waals surface area contributed by atoms with E-state index in [1.54, 1.807) is 6.08 Å². The van der Waals surface area contributed by atoms with Crippen LogP contribution in [0.2, 0.25) is 0 Å². The number of hydrogen-bond donors (Lipinski definition) is 0. The second-order valence-electron chi connectivity index (χ2n) is 7.43. The monoisotopic (exact) mass is 371 g/mol. The van der Waals surface area contributed by atoms with Gasteiger partial charge in [-0.15, -0.1) is 0 Å². The standard InChI is InChI=1S/C24H25N3O/c1-18-9-10-21(15-19(18)2)24-22(11-12-23(28)26-13-6-14-26)17-27(25-24)16-20-7-4-3-5-8-20/h3-5,7-12,15,17H,6,13-14,16H2,1-2H3. The van der Waals surface area contributed by atoms with Gasteiger partial charge in [0.15, 0.2) is 0 Å². The van der Waals surface area contributed by atoms with Gasteiger partial charge in [0.2, 0.25) is 5.91 Å². The van der Waals surface area contributed by atoms with Crippen LogP contribution >= 0.6 is 0 Å². The lowest BCUT2D eigenvalue weighted by Crippen LogP contribution is -2.40. The SMILES string of the molecule is Cc1ccc(-c2nn(Cc3ccccc3)cc2C=CC(=O)N2CCC2)cc1C. The molecule has 0 bridgehead atoms. The lowest BCUT2D eigenvalue weighted by molar-refractivity contribution is -0.129. The van der Waals surface area contributed by atoms with Gasteiger partial charge in [-0.2, -0.15) is 5.10 Å². The Morgan fingerprint density at radius 2 is 1.86 bits per heavy atom. The zero-order chi connectivity index (χ0) is 19.5. The molecule has 0 N–H and O–H groups in total. The first-order valence-corrected chi connectivity index (χ1v) is 9.76. The summed E-state index contributed by atoms with van der Waals surface area (Å²) in [6, 6.07) is 16.7. The number of rotatable bonds is 5. The van der Waals surface area contributed by atoms with Gasteiger partial charge in [0, 0.05) is 36.5 Å². The van der Waals surface area contributed by atoms with E-state index in [9.17, 15) is 4.79 Å². The van der Waals surface area contributed by atoms with Crippen molar-refractivity contribution in [3.8, 4) is 11.3 Å². The number of hydrogen-bond acceptors (Lipinski definition) is 2. The van der Waals surface area contributed by atoms with Crippen molar-refractivity contribution in [1.29, 1.82) is 0 Å². The molecule has 4 heteroatoms. The van der Waals surface area contributed by atoms with Crippen LogP contribution in [-0.4, -0.2) is 33.7 Å². The van der Waals surface area contributed by atoms with Gasteiger partial charge < -0.3 is 4.90 Å². The molecular weight excluding hydrogens is 346 g/mol. The highest BCUT2D eigenvalue weighted by Gasteiger charge is 2.18. The summed E-state index contributed by atoms with van der Waals surface area (Å²) in [5.41, 5.74) is 6.65. The number of carbonyl (C=O) groups is 1. The number of likely N-dealkylation sites (tertiary alicyclic amines) is 1. The van der Waals surface area contributed by atoms with Crippen molar-refractivity contribution < 1.29 is 4.79 Å². The Hall–Kier alpha value is -3.14. The van der Waals surface area contributed by atoms with Crippen LogP contribution in [0.3, 0.4) is 0 Å². The largest absolute Gasteiger partial charge is 0.339 e. The summed E-state index contributed by atoms with van der Waals surface area (Å²) in [5, 5.41) is 4.84. The van der Waals surface area contributed by atoms with E-state index in [1.807, 2.05) is 40.1 Å². The van der Waals surface area contributed by atoms with Crippen molar-refractivity contribution in [2.24, 2.45) is 0 Å². The number of nitrogens with zero attached hydrogens (tertiary/aromatic N) is 3. The van der Waals surface area contributed by atoms with Crippen molar-refractivity contribution in [2.45, 2.75) is 26.8 Å². The predicted octanol–water partition coefficient (Wildman–Crippen LogP) is 4.46. The molecule has 1 aliphatic heterocycles. The number of aryl methyl sites for hydroxylation is 2. The van der Waals surface area contributed by atoms with Gasteiger partial charge in [-0.1, -0.05) is 42.5 Å². The summed E-state index contributed by atoms with van der Waals surface area (Å²) in [5.74, 6) is 0.0769. The van der Waals surface area contributed by atoms with Gasteiger partial charge in [-0.25, -0.2) is 0 Å². The molecule has 1 amide bonds. The maximum absolute atomic E-state index is 12.3. The van der Waals surface area contributed by atoms with Gasteiger partial charge >= 0.3 is 0 Å². The molecule has 1 saturated heterocycles. The normalized spacial score (nSPS) is 13.7. The molecule has 1 fully saturated rings. The Morgan fingerprint density at radius 3 is 2.54 bits per heavy atom. The molecule has 4 rings (SSSR count). The minimum atomic E-state index is 0.0769. The minimum Gasteiger partial charge on any atom is -0.339 e. The van der Waals surface area contributed by atoms with Gasteiger partial charge in [0.05, 0.1) is 12.2 Å². The van der Waals surface area contributed by atoms with E-state index in [4.69, 9.17) is 5.10 Å². The number of amides is 1. The average molecular weight is 371 g/mol. The third-order valence-electron chi connectivity index (χ3n) is 5.33. The molecule has 0 radical (unpaired) electrons. The number of aromatic nitrogens is 2. The average Bonchev–Trinajstić information content (AvgIpc) is 3.04. The Bertz CT molecular complexity index is 1010. The Balaban J connectivity index is 1.67. The van der Waals surface area contributed by atoms with Crippen LogP contribution in [0.1, 0.15) is 28.7 Å². The fraction of sp³-hybridized carbons (Fsp3) is 0.250. The summed E-state index contributed by atoms with van der Waals surface area (Å²) < 4.78 is 1.95. The summed E-state index contributed by atoms with van der Waals surface area (Å²) >= 11 is 0. The molecule has 2 heterocycles. The number of benzene rings is 2. The van der Waals surface area contributed by atoms with Crippen LogP contribution < -0.4 is 0 Å². The molecule has 142 valence electrons. The summed E-state index contributed by atoms with van der Waals surface area (Å²) in [4.78, 5) is 14.1. The molecule has 0 atom stereocenters. The predicted molar refractivity (Wildman–Crippen MR) is 113 cm³/mol. The molecule has 3 aromatic rings. The van der Waals surface area contributed by atoms with Crippen molar-refractivity contribution in [1.82, 2.24) is 14.7 Å². The summed E-state index contributed by atoms with van der Waals surface area (Å²) in [6.07, 6.45) is 6.70. The second kappa shape index (κ2) is 7.85. The van der Waals surface area contributed by atoms with E-state index in [1.165, 1.54) is 16.7 Å². The minimum absolute atomic E-state index is 0.0769. The molecule has 4 nitrogen and oxygen atoms in total. The van der Waals surface area contributed by atoms with Gasteiger partial charge in [0.1, 0.15) is 0 Å². The van der Waals surface area contributed by atoms with Crippen LogP contribution in [0.25, 0.3) is 17.3 Å². The molecule has 0 spiro atoms. The van der Waals surface area contributed by atoms with E-state index >= 15 is 0 Å². The zero-order valence-corrected chi connectivity index (χ0v) is 16.4. The maximum Gasteiger partial charge on any atom is 0.246 e. The van der Waals surface area contributed by atoms with E-state index < -0.39 is 0 Å². The molecule has 0 unspecified atom stereocenters. The van der Waals surface area contributed by atoms with E-state index in [0.29, 0.717) is 6.54 Å². The molecular formula is C24H25N3O. The smallest absolute Gasteiger partial charge is 0.246 e. The van der Waals surface area contributed by atoms with Crippen LogP contribution in [0.15, 0.2) is 60.8 Å². The van der Waals surface area contributed by atoms with Crippen LogP contribution in [-0.2, 0) is 11.3 Å². The third kappa shape index (κ3) is 3.91. The highest BCUT2D eigenvalue weighted by molar-refractivity contribution is 5.93. The van der Waals surface area contributed by atoms with Gasteiger partial charge in [-0.05, 0) is 49.1 Å². The Morgan fingerprint density at radius 1 is 1.07 bits per heavy atom. The quantitative estimate of drug-likeness (QED) is 0.621. The highest BCUT2D eigenvalue weighted by Crippen LogP contribution is 2.26. The van der Waals surface area contributed by atoms with Crippen molar-refractivity contribution in [3.05, 3.63) is 83.1 Å². The lowest BCUT2D eigenvalue weighted by atomic mass is 10.0. The van der Waals surface area contributed by atoms with Crippen LogP contribution in [0, 0.1) is 13.8 Å². The van der Waals surface area contributed by atoms with Crippen molar-refractivity contribution >= 4 is 12.0 Å². The fourth-order valence-electron chi connectivity index (χ4n) is 3.33. The molecule has 1 aromatic heterocycles. The number of carbonyl (C=O) groups excluding carboxylic acids is 1. The van der Waals surface area contributed by atoms with Crippen molar-refractivity contribution in [2.75, 3.05) is 13.1 Å². The first-order valence-electron chi connectivity index (χ1n) is 9.76. The summed E-state index contributed by atoms with van der Waals surface area (Å²) in [7, 11) is 0. The second-order valence-corrected chi connectivity index (χ2v) is 7.43. The van der Waals surface area contributed by atoms with Gasteiger partial charge in [-0.3, -0.25) is 9.48 Å².